The summed E-state index contributed by atoms with van der Waals surface area (Å²) in [5.74, 6) is 0.286. The SMILES string of the molecule is CC1=CC(=O)CC(C)(C)C1.N=C=O.N=C=O.NC(N)=O. The molecule has 8 heteroatoms. The second-order valence-electron chi connectivity index (χ2n) is 4.58. The summed E-state index contributed by atoms with van der Waals surface area (Å²) in [6, 6.07) is -0.833. The molecule has 0 fully saturated rings. The quantitative estimate of drug-likeness (QED) is 0.386. The first-order valence-corrected chi connectivity index (χ1v) is 5.39. The van der Waals surface area contributed by atoms with Crippen LogP contribution >= 0.6 is 0 Å². The van der Waals surface area contributed by atoms with Crippen LogP contribution in [0.15, 0.2) is 11.6 Å². The average Bonchev–Trinajstić information content (AvgIpc) is 2.13. The Morgan fingerprint density at radius 3 is 1.70 bits per heavy atom. The summed E-state index contributed by atoms with van der Waals surface area (Å²) in [4.78, 5) is 36.7. The lowest BCUT2D eigenvalue weighted by Gasteiger charge is -2.27. The smallest absolute Gasteiger partial charge is 0.309 e. The molecule has 0 aromatic rings. The Labute approximate surface area is 117 Å². The van der Waals surface area contributed by atoms with E-state index < -0.39 is 6.03 Å². The molecule has 1 aliphatic rings. The molecule has 20 heavy (non-hydrogen) atoms. The van der Waals surface area contributed by atoms with Gasteiger partial charge in [-0.05, 0) is 24.8 Å². The third kappa shape index (κ3) is 24.6. The van der Waals surface area contributed by atoms with E-state index in [1.165, 1.54) is 5.57 Å². The van der Waals surface area contributed by atoms with Crippen LogP contribution in [0.5, 0.6) is 0 Å². The Morgan fingerprint density at radius 1 is 1.20 bits per heavy atom. The first kappa shape index (κ1) is 22.6. The van der Waals surface area contributed by atoms with Crippen LogP contribution in [0.25, 0.3) is 0 Å². The number of hydrogen-bond donors (Lipinski definition) is 4. The topological polar surface area (TPSA) is 168 Å². The minimum Gasteiger partial charge on any atom is -0.352 e. The Hall–Kier alpha value is -2.56. The number of nitrogens with one attached hydrogen (secondary N) is 2. The third-order valence-corrected chi connectivity index (χ3v) is 1.82. The predicted molar refractivity (Wildman–Crippen MR) is 72.4 cm³/mol. The van der Waals surface area contributed by atoms with Gasteiger partial charge in [0.1, 0.15) is 0 Å². The lowest BCUT2D eigenvalue weighted by atomic mass is 9.77. The third-order valence-electron chi connectivity index (χ3n) is 1.82. The van der Waals surface area contributed by atoms with E-state index in [1.807, 2.05) is 6.92 Å². The van der Waals surface area contributed by atoms with E-state index in [9.17, 15) is 4.79 Å². The lowest BCUT2D eigenvalue weighted by molar-refractivity contribution is -0.117. The van der Waals surface area contributed by atoms with Crippen LogP contribution in [-0.4, -0.2) is 24.0 Å². The van der Waals surface area contributed by atoms with Crippen molar-refractivity contribution >= 4 is 24.0 Å². The van der Waals surface area contributed by atoms with Gasteiger partial charge in [-0.15, -0.1) is 0 Å². The van der Waals surface area contributed by atoms with Gasteiger partial charge in [0, 0.05) is 6.42 Å². The first-order valence-electron chi connectivity index (χ1n) is 5.39. The fourth-order valence-electron chi connectivity index (χ4n) is 1.67. The van der Waals surface area contributed by atoms with Gasteiger partial charge in [0.2, 0.25) is 12.2 Å². The van der Waals surface area contributed by atoms with Gasteiger partial charge >= 0.3 is 6.03 Å². The Balaban J connectivity index is -0.000000242. The maximum absolute atomic E-state index is 11.0. The fourth-order valence-corrected chi connectivity index (χ4v) is 1.67. The largest absolute Gasteiger partial charge is 0.352 e. The van der Waals surface area contributed by atoms with Crippen molar-refractivity contribution < 1.29 is 19.2 Å². The Bertz CT molecular complexity index is 399. The van der Waals surface area contributed by atoms with E-state index in [2.05, 4.69) is 25.3 Å². The summed E-state index contributed by atoms with van der Waals surface area (Å²) in [6.07, 6.45) is 5.05. The highest BCUT2D eigenvalue weighted by Gasteiger charge is 2.25. The molecule has 2 amide bonds. The Kier molecular flexibility index (Phi) is 14.6. The number of rotatable bonds is 0. The highest BCUT2D eigenvalue weighted by atomic mass is 16.2. The van der Waals surface area contributed by atoms with Crippen molar-refractivity contribution in [3.05, 3.63) is 11.6 Å². The van der Waals surface area contributed by atoms with Crippen molar-refractivity contribution in [1.29, 1.82) is 10.8 Å². The fraction of sp³-hybridized carbons (Fsp3) is 0.500. The van der Waals surface area contributed by atoms with Crippen molar-refractivity contribution in [1.82, 2.24) is 0 Å². The molecule has 1 rings (SSSR count). The number of carbonyl (C=O) groups is 2. The summed E-state index contributed by atoms with van der Waals surface area (Å²) in [6.45, 7) is 6.31. The molecule has 0 unspecified atom stereocenters. The number of primary amides is 2. The molecule has 0 aromatic heterocycles. The lowest BCUT2D eigenvalue weighted by Crippen LogP contribution is -2.20. The molecule has 0 bridgehead atoms. The van der Waals surface area contributed by atoms with Gasteiger partial charge < -0.3 is 11.5 Å². The Morgan fingerprint density at radius 2 is 1.50 bits per heavy atom. The van der Waals surface area contributed by atoms with E-state index in [0.717, 1.165) is 18.6 Å². The van der Waals surface area contributed by atoms with Crippen molar-refractivity contribution in [2.75, 3.05) is 0 Å². The summed E-state index contributed by atoms with van der Waals surface area (Å²) < 4.78 is 0. The van der Waals surface area contributed by atoms with E-state index in [1.54, 1.807) is 6.08 Å². The second kappa shape index (κ2) is 12.9. The minimum atomic E-state index is -0.833. The second-order valence-corrected chi connectivity index (χ2v) is 4.58. The van der Waals surface area contributed by atoms with Crippen molar-refractivity contribution in [2.24, 2.45) is 16.9 Å². The van der Waals surface area contributed by atoms with Gasteiger partial charge in [0.15, 0.2) is 5.78 Å². The number of ketones is 1. The molecule has 1 aliphatic carbocycles. The number of carbonyl (C=O) groups excluding carboxylic acids is 4. The van der Waals surface area contributed by atoms with Gasteiger partial charge in [-0.25, -0.2) is 25.2 Å². The van der Waals surface area contributed by atoms with Gasteiger partial charge in [-0.1, -0.05) is 19.4 Å². The van der Waals surface area contributed by atoms with Crippen LogP contribution in [-0.2, 0) is 14.4 Å². The zero-order valence-corrected chi connectivity index (χ0v) is 11.8. The van der Waals surface area contributed by atoms with Crippen molar-refractivity contribution in [3.63, 3.8) is 0 Å². The number of urea groups is 1. The van der Waals surface area contributed by atoms with Crippen LogP contribution in [0.2, 0.25) is 0 Å². The first-order chi connectivity index (χ1) is 9.06. The number of allylic oxidation sites excluding steroid dienone is 2. The van der Waals surface area contributed by atoms with E-state index in [0.29, 0.717) is 6.42 Å². The van der Waals surface area contributed by atoms with Gasteiger partial charge in [0.25, 0.3) is 0 Å². The summed E-state index contributed by atoms with van der Waals surface area (Å²) >= 11 is 0. The standard InChI is InChI=1S/C9H14O.CH4N2O.2CHNO/c1-7-4-8(10)6-9(2,3)5-7;2-1(3)4;2*2-1-3/h4H,5-6H2,1-3H3;(H4,2,3,4);2*2H. The van der Waals surface area contributed by atoms with Crippen LogP contribution in [0.1, 0.15) is 33.6 Å². The van der Waals surface area contributed by atoms with Crippen molar-refractivity contribution in [3.8, 4) is 0 Å². The summed E-state index contributed by atoms with van der Waals surface area (Å²) in [5.41, 5.74) is 9.93. The average molecular weight is 284 g/mol. The number of amides is 2. The van der Waals surface area contributed by atoms with Gasteiger partial charge in [0.05, 0.1) is 0 Å². The number of hydrogen-bond acceptors (Lipinski definition) is 6. The molecule has 0 heterocycles. The van der Waals surface area contributed by atoms with Gasteiger partial charge in [-0.3, -0.25) is 4.79 Å². The maximum Gasteiger partial charge on any atom is 0.309 e. The predicted octanol–water partition coefficient (Wildman–Crippen LogP) is 1.15. The molecule has 0 aliphatic heterocycles. The monoisotopic (exact) mass is 284 g/mol. The van der Waals surface area contributed by atoms with Crippen LogP contribution in [0.4, 0.5) is 4.79 Å². The molecular weight excluding hydrogens is 264 g/mol. The summed E-state index contributed by atoms with van der Waals surface area (Å²) in [5, 5.41) is 10.8. The van der Waals surface area contributed by atoms with E-state index in [-0.39, 0.29) is 11.2 Å². The molecule has 0 spiro atoms. The molecule has 0 radical (unpaired) electrons. The number of nitrogens with two attached hydrogens (primary N) is 2. The number of isocyanates is 2. The van der Waals surface area contributed by atoms with Crippen molar-refractivity contribution in [2.45, 2.75) is 33.6 Å². The molecule has 8 nitrogen and oxygen atoms in total. The van der Waals surface area contributed by atoms with Crippen LogP contribution in [0.3, 0.4) is 0 Å². The van der Waals surface area contributed by atoms with E-state index >= 15 is 0 Å². The van der Waals surface area contributed by atoms with Gasteiger partial charge in [-0.2, -0.15) is 0 Å². The zero-order chi connectivity index (χ0) is 16.8. The summed E-state index contributed by atoms with van der Waals surface area (Å²) in [7, 11) is 0. The van der Waals surface area contributed by atoms with E-state index in [4.69, 9.17) is 25.2 Å². The molecule has 0 atom stereocenters. The normalized spacial score (nSPS) is 14.2. The molecule has 112 valence electrons. The molecule has 6 N–H and O–H groups in total. The zero-order valence-electron chi connectivity index (χ0n) is 11.8. The minimum absolute atomic E-state index is 0.204. The highest BCUT2D eigenvalue weighted by Crippen LogP contribution is 2.32. The maximum atomic E-state index is 11.0. The molecular formula is C12H20N4O4. The molecule has 0 aromatic carbocycles. The molecule has 0 saturated heterocycles. The molecule has 0 saturated carbocycles. The van der Waals surface area contributed by atoms with Crippen LogP contribution in [0, 0.1) is 16.2 Å². The van der Waals surface area contributed by atoms with Crippen LogP contribution < -0.4 is 11.5 Å². The highest BCUT2D eigenvalue weighted by molar-refractivity contribution is 5.91.